The summed E-state index contributed by atoms with van der Waals surface area (Å²) < 4.78 is 7.46. The molecule has 6 nitrogen and oxygen atoms in total. The second kappa shape index (κ2) is 6.12. The molecule has 0 aliphatic carbocycles. The Morgan fingerprint density at radius 2 is 2.00 bits per heavy atom. The van der Waals surface area contributed by atoms with Crippen LogP contribution in [0.3, 0.4) is 0 Å². The summed E-state index contributed by atoms with van der Waals surface area (Å²) in [5, 5.41) is 7.84. The van der Waals surface area contributed by atoms with E-state index < -0.39 is 6.04 Å². The van der Waals surface area contributed by atoms with Crippen molar-refractivity contribution in [3.63, 3.8) is 0 Å². The summed E-state index contributed by atoms with van der Waals surface area (Å²) in [4.78, 5) is 15.2. The van der Waals surface area contributed by atoms with Crippen LogP contribution >= 0.6 is 0 Å². The molecule has 0 radical (unpaired) electrons. The Hall–Kier alpha value is -2.21. The summed E-state index contributed by atoms with van der Waals surface area (Å²) in [6.07, 6.45) is 5.53. The van der Waals surface area contributed by atoms with Crippen molar-refractivity contribution in [2.45, 2.75) is 25.0 Å². The van der Waals surface area contributed by atoms with Crippen LogP contribution in [0.5, 0.6) is 0 Å². The Morgan fingerprint density at radius 1 is 1.22 bits per heavy atom. The fourth-order valence-electron chi connectivity index (χ4n) is 3.65. The van der Waals surface area contributed by atoms with Gasteiger partial charge in [0.15, 0.2) is 6.04 Å². The van der Waals surface area contributed by atoms with Gasteiger partial charge in [0.25, 0.3) is 0 Å². The average Bonchev–Trinajstić information content (AvgIpc) is 3.11. The molecule has 0 N–H and O–H groups in total. The second-order valence-electron chi connectivity index (χ2n) is 6.31. The molecule has 0 amide bonds. The normalized spacial score (nSPS) is 27.6. The summed E-state index contributed by atoms with van der Waals surface area (Å²) in [7, 11) is 0. The molecule has 0 saturated carbocycles. The lowest BCUT2D eigenvalue weighted by Gasteiger charge is -2.44. The number of aromatic nitrogens is 3. The molecular weight excluding hydrogens is 292 g/mol. The monoisotopic (exact) mass is 312 g/mol. The van der Waals surface area contributed by atoms with E-state index in [2.05, 4.69) is 15.2 Å². The van der Waals surface area contributed by atoms with Crippen LogP contribution in [0, 0.1) is 5.92 Å². The molecule has 2 bridgehead atoms. The van der Waals surface area contributed by atoms with E-state index in [1.165, 1.54) is 0 Å². The van der Waals surface area contributed by atoms with Gasteiger partial charge in [0.1, 0.15) is 6.10 Å². The molecule has 1 aromatic carbocycles. The Morgan fingerprint density at radius 3 is 2.61 bits per heavy atom. The van der Waals surface area contributed by atoms with Crippen molar-refractivity contribution in [1.82, 2.24) is 19.9 Å². The smallest absolute Gasteiger partial charge is 0.335 e. The zero-order valence-electron chi connectivity index (χ0n) is 12.9. The highest BCUT2D eigenvalue weighted by Gasteiger charge is 2.38. The molecule has 0 spiro atoms. The summed E-state index contributed by atoms with van der Waals surface area (Å²) in [5.74, 6) is 0.247. The first-order valence-corrected chi connectivity index (χ1v) is 8.15. The molecule has 3 aliphatic heterocycles. The first-order chi connectivity index (χ1) is 11.3. The first kappa shape index (κ1) is 14.4. The van der Waals surface area contributed by atoms with Gasteiger partial charge in [0, 0.05) is 12.7 Å². The summed E-state index contributed by atoms with van der Waals surface area (Å²) in [5.41, 5.74) is 0.865. The van der Waals surface area contributed by atoms with E-state index >= 15 is 0 Å². The van der Waals surface area contributed by atoms with E-state index in [0.29, 0.717) is 5.92 Å². The molecular formula is C17H20N4O2. The lowest BCUT2D eigenvalue weighted by molar-refractivity contribution is -0.161. The van der Waals surface area contributed by atoms with Crippen LogP contribution in [0.4, 0.5) is 0 Å². The van der Waals surface area contributed by atoms with Crippen molar-refractivity contribution in [3.05, 3.63) is 48.3 Å². The number of benzene rings is 1. The van der Waals surface area contributed by atoms with Crippen LogP contribution in [-0.4, -0.2) is 51.6 Å². The molecule has 1 aromatic heterocycles. The summed E-state index contributed by atoms with van der Waals surface area (Å²) >= 11 is 0. The molecule has 2 unspecified atom stereocenters. The largest absolute Gasteiger partial charge is 0.459 e. The molecule has 23 heavy (non-hydrogen) atoms. The van der Waals surface area contributed by atoms with Gasteiger partial charge in [0.05, 0.1) is 6.20 Å². The van der Waals surface area contributed by atoms with Crippen LogP contribution in [-0.2, 0) is 9.53 Å². The third-order valence-electron chi connectivity index (χ3n) is 4.91. The molecule has 3 fully saturated rings. The van der Waals surface area contributed by atoms with Gasteiger partial charge in [0.2, 0.25) is 0 Å². The molecule has 120 valence electrons. The highest BCUT2D eigenvalue weighted by atomic mass is 16.5. The molecule has 2 atom stereocenters. The molecule has 5 rings (SSSR count). The molecule has 6 heteroatoms. The van der Waals surface area contributed by atoms with Crippen molar-refractivity contribution < 1.29 is 9.53 Å². The average molecular weight is 312 g/mol. The van der Waals surface area contributed by atoms with Crippen molar-refractivity contribution in [2.24, 2.45) is 5.92 Å². The van der Waals surface area contributed by atoms with Crippen molar-refractivity contribution in [3.8, 4) is 0 Å². The standard InChI is InChI=1S/C17H20N4O2/c22-17(23-15-12-20-9-6-13(15)7-10-20)16(21-11-8-18-19-21)14-4-2-1-3-5-14/h1-5,8,11,13,15-16H,6-7,9-10,12H2. The number of rotatable bonds is 4. The fourth-order valence-corrected chi connectivity index (χ4v) is 3.65. The number of carbonyl (C=O) groups excluding carboxylic acids is 1. The predicted molar refractivity (Wildman–Crippen MR) is 83.6 cm³/mol. The highest BCUT2D eigenvalue weighted by molar-refractivity contribution is 5.78. The van der Waals surface area contributed by atoms with Crippen molar-refractivity contribution >= 4 is 5.97 Å². The van der Waals surface area contributed by atoms with Crippen LogP contribution in [0.25, 0.3) is 0 Å². The SMILES string of the molecule is O=C(OC1CN2CCC1CC2)C(c1ccccc1)n1ccnn1. The second-order valence-corrected chi connectivity index (χ2v) is 6.31. The van der Waals surface area contributed by atoms with Crippen molar-refractivity contribution in [1.29, 1.82) is 0 Å². The van der Waals surface area contributed by atoms with Gasteiger partial charge in [-0.15, -0.1) is 5.10 Å². The van der Waals surface area contributed by atoms with E-state index in [0.717, 1.165) is 38.0 Å². The minimum absolute atomic E-state index is 0.000247. The lowest BCUT2D eigenvalue weighted by atomic mass is 9.86. The fraction of sp³-hybridized carbons (Fsp3) is 0.471. The number of carbonyl (C=O) groups is 1. The third-order valence-corrected chi connectivity index (χ3v) is 4.91. The van der Waals surface area contributed by atoms with E-state index in [-0.39, 0.29) is 12.1 Å². The minimum Gasteiger partial charge on any atom is -0.459 e. The van der Waals surface area contributed by atoms with Crippen molar-refractivity contribution in [2.75, 3.05) is 19.6 Å². The molecule has 3 aliphatic rings. The quantitative estimate of drug-likeness (QED) is 0.801. The maximum Gasteiger partial charge on any atom is 0.335 e. The maximum atomic E-state index is 12.9. The maximum absolute atomic E-state index is 12.9. The lowest BCUT2D eigenvalue weighted by Crippen LogP contribution is -2.52. The first-order valence-electron chi connectivity index (χ1n) is 8.15. The number of nitrogens with zero attached hydrogens (tertiary/aromatic N) is 4. The van der Waals surface area contributed by atoms with E-state index in [1.54, 1.807) is 17.1 Å². The zero-order valence-corrected chi connectivity index (χ0v) is 12.9. The highest BCUT2D eigenvalue weighted by Crippen LogP contribution is 2.31. The van der Waals surface area contributed by atoms with Gasteiger partial charge in [-0.05, 0) is 37.4 Å². The molecule has 2 aromatic rings. The summed E-state index contributed by atoms with van der Waals surface area (Å²) in [6.45, 7) is 3.11. The van der Waals surface area contributed by atoms with Crippen LogP contribution < -0.4 is 0 Å². The number of ether oxygens (including phenoxy) is 1. The van der Waals surface area contributed by atoms with Crippen LogP contribution in [0.1, 0.15) is 24.4 Å². The number of piperidine rings is 3. The topological polar surface area (TPSA) is 60.2 Å². The third kappa shape index (κ3) is 2.86. The number of fused-ring (bicyclic) bond motifs is 3. The Balaban J connectivity index is 1.56. The van der Waals surface area contributed by atoms with E-state index in [4.69, 9.17) is 4.74 Å². The van der Waals surface area contributed by atoms with Gasteiger partial charge < -0.3 is 4.74 Å². The number of hydrogen-bond donors (Lipinski definition) is 0. The van der Waals surface area contributed by atoms with Gasteiger partial charge in [-0.25, -0.2) is 9.48 Å². The Labute approximate surface area is 135 Å². The number of esters is 1. The summed E-state index contributed by atoms with van der Waals surface area (Å²) in [6, 6.07) is 9.03. The van der Waals surface area contributed by atoms with Gasteiger partial charge in [-0.3, -0.25) is 4.90 Å². The van der Waals surface area contributed by atoms with E-state index in [1.807, 2.05) is 30.3 Å². The minimum atomic E-state index is -0.575. The molecule has 3 saturated heterocycles. The van der Waals surface area contributed by atoms with Gasteiger partial charge in [-0.1, -0.05) is 35.5 Å². The van der Waals surface area contributed by atoms with Gasteiger partial charge in [-0.2, -0.15) is 0 Å². The van der Waals surface area contributed by atoms with Crippen LogP contribution in [0.2, 0.25) is 0 Å². The van der Waals surface area contributed by atoms with Crippen LogP contribution in [0.15, 0.2) is 42.7 Å². The van der Waals surface area contributed by atoms with E-state index in [9.17, 15) is 4.79 Å². The number of hydrogen-bond acceptors (Lipinski definition) is 5. The Bertz CT molecular complexity index is 650. The Kier molecular flexibility index (Phi) is 3.83. The predicted octanol–water partition coefficient (Wildman–Crippen LogP) is 1.50. The zero-order chi connectivity index (χ0) is 15.6. The molecule has 4 heterocycles. The van der Waals surface area contributed by atoms with Gasteiger partial charge >= 0.3 is 5.97 Å².